The van der Waals surface area contributed by atoms with E-state index in [1.165, 1.54) is 11.3 Å². The fraction of sp³-hybridized carbons (Fsp3) is 0.381. The summed E-state index contributed by atoms with van der Waals surface area (Å²) in [7, 11) is 0. The van der Waals surface area contributed by atoms with Crippen molar-refractivity contribution in [1.82, 2.24) is 0 Å². The van der Waals surface area contributed by atoms with Crippen molar-refractivity contribution in [2.24, 2.45) is 11.8 Å². The van der Waals surface area contributed by atoms with E-state index < -0.39 is 23.8 Å². The van der Waals surface area contributed by atoms with Gasteiger partial charge in [-0.1, -0.05) is 36.6 Å². The first-order chi connectivity index (χ1) is 13.9. The molecule has 1 aliphatic carbocycles. The Labute approximate surface area is 177 Å². The van der Waals surface area contributed by atoms with Crippen molar-refractivity contribution in [1.29, 1.82) is 0 Å². The Hall–Kier alpha value is -2.38. The average molecular weight is 436 g/mol. The van der Waals surface area contributed by atoms with Gasteiger partial charge in [-0.25, -0.2) is 4.79 Å². The van der Waals surface area contributed by atoms with Gasteiger partial charge in [-0.15, -0.1) is 11.3 Å². The first-order valence-electron chi connectivity index (χ1n) is 9.50. The number of ether oxygens (including phenoxy) is 1. The Morgan fingerprint density at radius 2 is 1.83 bits per heavy atom. The fourth-order valence-corrected chi connectivity index (χ4v) is 4.73. The van der Waals surface area contributed by atoms with Gasteiger partial charge in [-0.3, -0.25) is 9.59 Å². The first-order valence-corrected chi connectivity index (χ1v) is 10.8. The predicted octanol–water partition coefficient (Wildman–Crippen LogP) is 5.07. The minimum Gasteiger partial charge on any atom is -0.481 e. The highest BCUT2D eigenvalue weighted by molar-refractivity contribution is 7.15. The number of anilines is 1. The molecule has 0 bridgehead atoms. The molecule has 3 rings (SSSR count). The summed E-state index contributed by atoms with van der Waals surface area (Å²) < 4.78 is 5.20. The third kappa shape index (κ3) is 4.79. The summed E-state index contributed by atoms with van der Waals surface area (Å²) in [5, 5.41) is 15.0. The van der Waals surface area contributed by atoms with E-state index in [1.807, 2.05) is 0 Å². The van der Waals surface area contributed by atoms with Crippen molar-refractivity contribution in [2.45, 2.75) is 32.6 Å². The number of benzene rings is 1. The van der Waals surface area contributed by atoms with Crippen molar-refractivity contribution >= 4 is 45.8 Å². The van der Waals surface area contributed by atoms with Crippen LogP contribution in [0.15, 0.2) is 29.6 Å². The van der Waals surface area contributed by atoms with Gasteiger partial charge in [-0.2, -0.15) is 0 Å². The second-order valence-corrected chi connectivity index (χ2v) is 8.22. The van der Waals surface area contributed by atoms with E-state index in [9.17, 15) is 19.5 Å². The molecule has 0 aliphatic heterocycles. The molecule has 8 heteroatoms. The van der Waals surface area contributed by atoms with Crippen molar-refractivity contribution in [3.8, 4) is 11.1 Å². The van der Waals surface area contributed by atoms with Gasteiger partial charge in [0.25, 0.3) is 0 Å². The highest BCUT2D eigenvalue weighted by Crippen LogP contribution is 2.38. The van der Waals surface area contributed by atoms with Gasteiger partial charge in [0.2, 0.25) is 5.91 Å². The van der Waals surface area contributed by atoms with E-state index in [0.717, 1.165) is 18.4 Å². The van der Waals surface area contributed by atoms with Crippen LogP contribution in [0, 0.1) is 11.8 Å². The summed E-state index contributed by atoms with van der Waals surface area (Å²) in [6.07, 6.45) is 2.62. The topological polar surface area (TPSA) is 92.7 Å². The normalized spacial score (nSPS) is 18.8. The summed E-state index contributed by atoms with van der Waals surface area (Å²) in [6.45, 7) is 1.91. The number of carboxylic acids is 1. The molecule has 1 aromatic carbocycles. The molecule has 1 aliphatic rings. The number of carbonyl (C=O) groups excluding carboxylic acids is 2. The standard InChI is InChI=1S/C21H22ClNO5S/c1-2-28-21(27)17-16(12-7-9-13(22)10-8-12)11-29-19(17)23-18(24)14-5-3-4-6-15(14)20(25)26/h7-11,14-15H,2-6H2,1H3,(H,23,24)(H,25,26)/t14-,15-/m0/s1. The number of carboxylic acid groups (broad SMARTS) is 1. The molecule has 1 aromatic heterocycles. The lowest BCUT2D eigenvalue weighted by Crippen LogP contribution is -2.36. The van der Waals surface area contributed by atoms with E-state index in [4.69, 9.17) is 16.3 Å². The van der Waals surface area contributed by atoms with Crippen LogP contribution < -0.4 is 5.32 Å². The van der Waals surface area contributed by atoms with Gasteiger partial charge in [0, 0.05) is 16.0 Å². The zero-order valence-electron chi connectivity index (χ0n) is 15.9. The van der Waals surface area contributed by atoms with Crippen molar-refractivity contribution < 1.29 is 24.2 Å². The number of amides is 1. The Bertz CT molecular complexity index is 908. The van der Waals surface area contributed by atoms with Crippen LogP contribution in [0.25, 0.3) is 11.1 Å². The van der Waals surface area contributed by atoms with Crippen LogP contribution in [0.5, 0.6) is 0 Å². The minimum absolute atomic E-state index is 0.200. The predicted molar refractivity (Wildman–Crippen MR) is 112 cm³/mol. The summed E-state index contributed by atoms with van der Waals surface area (Å²) in [4.78, 5) is 37.0. The van der Waals surface area contributed by atoms with Crippen LogP contribution in [0.4, 0.5) is 5.00 Å². The largest absolute Gasteiger partial charge is 0.481 e. The number of nitrogens with one attached hydrogen (secondary N) is 1. The molecule has 2 aromatic rings. The number of hydrogen-bond donors (Lipinski definition) is 2. The number of hydrogen-bond acceptors (Lipinski definition) is 5. The first kappa shape index (κ1) is 21.3. The molecule has 0 unspecified atom stereocenters. The molecule has 1 saturated carbocycles. The molecular formula is C21H22ClNO5S. The number of aliphatic carboxylic acids is 1. The van der Waals surface area contributed by atoms with Crippen LogP contribution >= 0.6 is 22.9 Å². The molecule has 154 valence electrons. The summed E-state index contributed by atoms with van der Waals surface area (Å²) >= 11 is 7.17. The van der Waals surface area contributed by atoms with Gasteiger partial charge in [0.1, 0.15) is 10.6 Å². The van der Waals surface area contributed by atoms with E-state index in [2.05, 4.69) is 5.32 Å². The van der Waals surface area contributed by atoms with Gasteiger partial charge >= 0.3 is 11.9 Å². The van der Waals surface area contributed by atoms with Gasteiger partial charge in [0.05, 0.1) is 18.4 Å². The highest BCUT2D eigenvalue weighted by Gasteiger charge is 2.36. The molecule has 1 fully saturated rings. The number of esters is 1. The van der Waals surface area contributed by atoms with E-state index >= 15 is 0 Å². The summed E-state index contributed by atoms with van der Waals surface area (Å²) in [5.41, 5.74) is 1.68. The molecule has 2 atom stereocenters. The molecule has 0 radical (unpaired) electrons. The zero-order chi connectivity index (χ0) is 21.0. The molecule has 0 saturated heterocycles. The lowest BCUT2D eigenvalue weighted by molar-refractivity contribution is -0.147. The second kappa shape index (κ2) is 9.41. The SMILES string of the molecule is CCOC(=O)c1c(-c2ccc(Cl)cc2)csc1NC(=O)[C@H]1CCCC[C@@H]1C(=O)O. The van der Waals surface area contributed by atoms with Crippen LogP contribution in [-0.2, 0) is 14.3 Å². The maximum atomic E-state index is 12.9. The molecular weight excluding hydrogens is 414 g/mol. The van der Waals surface area contributed by atoms with Crippen LogP contribution in [-0.4, -0.2) is 29.6 Å². The number of rotatable bonds is 6. The number of halogens is 1. The maximum absolute atomic E-state index is 12.9. The third-order valence-electron chi connectivity index (χ3n) is 5.08. The minimum atomic E-state index is -0.955. The second-order valence-electron chi connectivity index (χ2n) is 6.91. The Morgan fingerprint density at radius 3 is 2.45 bits per heavy atom. The monoisotopic (exact) mass is 435 g/mol. The number of thiophene rings is 1. The van der Waals surface area contributed by atoms with Crippen molar-refractivity contribution in [2.75, 3.05) is 11.9 Å². The number of carbonyl (C=O) groups is 3. The van der Waals surface area contributed by atoms with Crippen LogP contribution in [0.3, 0.4) is 0 Å². The van der Waals surface area contributed by atoms with Crippen LogP contribution in [0.2, 0.25) is 5.02 Å². The lowest BCUT2D eigenvalue weighted by atomic mass is 9.79. The molecule has 0 spiro atoms. The Kier molecular flexibility index (Phi) is 6.92. The smallest absolute Gasteiger partial charge is 0.341 e. The molecule has 6 nitrogen and oxygen atoms in total. The third-order valence-corrected chi connectivity index (χ3v) is 6.23. The Morgan fingerprint density at radius 1 is 1.17 bits per heavy atom. The van der Waals surface area contributed by atoms with E-state index in [1.54, 1.807) is 36.6 Å². The fourth-order valence-electron chi connectivity index (χ4n) is 3.64. The van der Waals surface area contributed by atoms with Gasteiger partial charge in [0.15, 0.2) is 0 Å². The molecule has 1 amide bonds. The zero-order valence-corrected chi connectivity index (χ0v) is 17.5. The summed E-state index contributed by atoms with van der Waals surface area (Å²) in [5.74, 6) is -3.18. The van der Waals surface area contributed by atoms with Gasteiger partial charge in [-0.05, 0) is 37.5 Å². The van der Waals surface area contributed by atoms with Crippen molar-refractivity contribution in [3.05, 3.63) is 40.2 Å². The molecule has 2 N–H and O–H groups in total. The average Bonchev–Trinajstić information content (AvgIpc) is 3.12. The Balaban J connectivity index is 1.92. The molecule has 1 heterocycles. The van der Waals surface area contributed by atoms with Crippen molar-refractivity contribution in [3.63, 3.8) is 0 Å². The summed E-state index contributed by atoms with van der Waals surface area (Å²) in [6, 6.07) is 7.03. The quantitative estimate of drug-likeness (QED) is 0.617. The van der Waals surface area contributed by atoms with Gasteiger partial charge < -0.3 is 15.2 Å². The van der Waals surface area contributed by atoms with E-state index in [-0.39, 0.29) is 18.1 Å². The van der Waals surface area contributed by atoms with Crippen LogP contribution in [0.1, 0.15) is 43.0 Å². The van der Waals surface area contributed by atoms with E-state index in [0.29, 0.717) is 28.4 Å². The molecule has 29 heavy (non-hydrogen) atoms. The maximum Gasteiger partial charge on any atom is 0.341 e. The highest BCUT2D eigenvalue weighted by atomic mass is 35.5. The lowest BCUT2D eigenvalue weighted by Gasteiger charge is -2.27.